The van der Waals surface area contributed by atoms with Crippen molar-refractivity contribution in [3.63, 3.8) is 0 Å². The van der Waals surface area contributed by atoms with Crippen molar-refractivity contribution in [1.82, 2.24) is 5.32 Å². The summed E-state index contributed by atoms with van der Waals surface area (Å²) < 4.78 is 9.73. The SMILES string of the molecule is C=CC(=O)NC(O)(O)C(=O)OCCC.CCCCOCCCC. The molecular formula is C16H31NO6. The van der Waals surface area contributed by atoms with Crippen LogP contribution in [0, 0.1) is 0 Å². The number of nitrogens with one attached hydrogen (secondary N) is 1. The average molecular weight is 333 g/mol. The Morgan fingerprint density at radius 2 is 1.57 bits per heavy atom. The van der Waals surface area contributed by atoms with Crippen molar-refractivity contribution >= 4 is 11.9 Å². The van der Waals surface area contributed by atoms with Crippen LogP contribution in [0.15, 0.2) is 12.7 Å². The molecule has 0 aromatic rings. The maximum absolute atomic E-state index is 10.9. The van der Waals surface area contributed by atoms with E-state index in [1.54, 1.807) is 12.2 Å². The number of amides is 1. The number of esters is 1. The third kappa shape index (κ3) is 15.2. The first kappa shape index (κ1) is 23.8. The number of carbonyl (C=O) groups is 2. The summed E-state index contributed by atoms with van der Waals surface area (Å²) in [6.07, 6.45) is 6.25. The van der Waals surface area contributed by atoms with Gasteiger partial charge in [-0.1, -0.05) is 40.2 Å². The molecule has 1 amide bonds. The molecule has 0 aliphatic carbocycles. The predicted molar refractivity (Wildman–Crippen MR) is 87.4 cm³/mol. The van der Waals surface area contributed by atoms with Crippen LogP contribution in [-0.2, 0) is 19.1 Å². The number of rotatable bonds is 11. The summed E-state index contributed by atoms with van der Waals surface area (Å²) in [6.45, 7) is 11.1. The van der Waals surface area contributed by atoms with Gasteiger partial charge in [0.25, 0.3) is 0 Å². The molecule has 0 unspecified atom stereocenters. The van der Waals surface area contributed by atoms with Crippen molar-refractivity contribution in [1.29, 1.82) is 0 Å². The highest BCUT2D eigenvalue weighted by Gasteiger charge is 2.36. The molecule has 7 heteroatoms. The van der Waals surface area contributed by atoms with Crippen molar-refractivity contribution < 1.29 is 29.3 Å². The van der Waals surface area contributed by atoms with Crippen LogP contribution in [-0.4, -0.2) is 47.8 Å². The van der Waals surface area contributed by atoms with Gasteiger partial charge in [0.2, 0.25) is 5.91 Å². The Morgan fingerprint density at radius 1 is 1.04 bits per heavy atom. The lowest BCUT2D eigenvalue weighted by Gasteiger charge is -2.19. The standard InChI is InChI=1S/C8H13NO5.C8H18O/c1-3-5-14-7(11)8(12,13)9-6(10)4-2;1-3-5-7-9-8-6-4-2/h4,12-13H,2-3,5H2,1H3,(H,9,10);3-8H2,1-2H3. The quantitative estimate of drug-likeness (QED) is 0.229. The molecule has 23 heavy (non-hydrogen) atoms. The van der Waals surface area contributed by atoms with Crippen molar-refractivity contribution in [2.45, 2.75) is 58.8 Å². The van der Waals surface area contributed by atoms with Crippen molar-refractivity contribution in [3.8, 4) is 0 Å². The highest BCUT2D eigenvalue weighted by atomic mass is 16.6. The summed E-state index contributed by atoms with van der Waals surface area (Å²) in [6, 6.07) is 0. The topological polar surface area (TPSA) is 105 Å². The first-order valence-corrected chi connectivity index (χ1v) is 7.99. The Balaban J connectivity index is 0. The van der Waals surface area contributed by atoms with Crippen LogP contribution in [0.4, 0.5) is 0 Å². The Morgan fingerprint density at radius 3 is 1.96 bits per heavy atom. The summed E-state index contributed by atoms with van der Waals surface area (Å²) in [5.41, 5.74) is 0. The number of unbranched alkanes of at least 4 members (excludes halogenated alkanes) is 2. The van der Waals surface area contributed by atoms with Gasteiger partial charge in [-0.05, 0) is 25.3 Å². The molecule has 3 N–H and O–H groups in total. The van der Waals surface area contributed by atoms with Crippen LogP contribution in [0.5, 0.6) is 0 Å². The van der Waals surface area contributed by atoms with Gasteiger partial charge in [-0.3, -0.25) is 10.1 Å². The van der Waals surface area contributed by atoms with Gasteiger partial charge in [0, 0.05) is 13.2 Å². The number of hydrogen-bond acceptors (Lipinski definition) is 6. The molecule has 0 aliphatic heterocycles. The van der Waals surface area contributed by atoms with Gasteiger partial charge in [-0.25, -0.2) is 4.79 Å². The van der Waals surface area contributed by atoms with E-state index in [1.807, 2.05) is 0 Å². The summed E-state index contributed by atoms with van der Waals surface area (Å²) in [5, 5.41) is 19.6. The summed E-state index contributed by atoms with van der Waals surface area (Å²) in [5.74, 6) is -5.21. The van der Waals surface area contributed by atoms with Crippen LogP contribution < -0.4 is 5.32 Å². The molecule has 0 saturated heterocycles. The molecule has 0 atom stereocenters. The van der Waals surface area contributed by atoms with E-state index in [1.165, 1.54) is 25.7 Å². The van der Waals surface area contributed by atoms with E-state index in [4.69, 9.17) is 14.9 Å². The van der Waals surface area contributed by atoms with Gasteiger partial charge >= 0.3 is 11.9 Å². The summed E-state index contributed by atoms with van der Waals surface area (Å²) in [4.78, 5) is 21.6. The largest absolute Gasteiger partial charge is 0.460 e. The Labute approximate surface area is 138 Å². The fraction of sp³-hybridized carbons (Fsp3) is 0.750. The maximum atomic E-state index is 10.9. The zero-order chi connectivity index (χ0) is 18.1. The van der Waals surface area contributed by atoms with E-state index in [-0.39, 0.29) is 6.61 Å². The van der Waals surface area contributed by atoms with E-state index in [9.17, 15) is 9.59 Å². The van der Waals surface area contributed by atoms with Crippen molar-refractivity contribution in [3.05, 3.63) is 12.7 Å². The first-order chi connectivity index (χ1) is 10.9. The first-order valence-electron chi connectivity index (χ1n) is 7.99. The monoisotopic (exact) mass is 333 g/mol. The van der Waals surface area contributed by atoms with E-state index >= 15 is 0 Å². The molecule has 0 bridgehead atoms. The minimum absolute atomic E-state index is 0.0473. The van der Waals surface area contributed by atoms with Crippen LogP contribution in [0.3, 0.4) is 0 Å². The zero-order valence-electron chi connectivity index (χ0n) is 14.5. The summed E-state index contributed by atoms with van der Waals surface area (Å²) >= 11 is 0. The van der Waals surface area contributed by atoms with Gasteiger partial charge in [0.1, 0.15) is 0 Å². The zero-order valence-corrected chi connectivity index (χ0v) is 14.5. The Hall–Kier alpha value is -1.44. The minimum Gasteiger partial charge on any atom is -0.460 e. The van der Waals surface area contributed by atoms with Gasteiger partial charge in [-0.15, -0.1) is 0 Å². The molecule has 0 saturated carbocycles. The van der Waals surface area contributed by atoms with Gasteiger partial charge in [0.15, 0.2) is 0 Å². The fourth-order valence-electron chi connectivity index (χ4n) is 1.16. The third-order valence-electron chi connectivity index (χ3n) is 2.49. The molecule has 0 rings (SSSR count). The van der Waals surface area contributed by atoms with Crippen LogP contribution >= 0.6 is 0 Å². The molecule has 136 valence electrons. The molecule has 0 aromatic heterocycles. The van der Waals surface area contributed by atoms with Crippen LogP contribution in [0.25, 0.3) is 0 Å². The van der Waals surface area contributed by atoms with Crippen LogP contribution in [0.2, 0.25) is 0 Å². The molecule has 7 nitrogen and oxygen atoms in total. The highest BCUT2D eigenvalue weighted by Crippen LogP contribution is 1.98. The van der Waals surface area contributed by atoms with Crippen molar-refractivity contribution in [2.75, 3.05) is 19.8 Å². The van der Waals surface area contributed by atoms with E-state index < -0.39 is 17.8 Å². The summed E-state index contributed by atoms with van der Waals surface area (Å²) in [7, 11) is 0. The lowest BCUT2D eigenvalue weighted by molar-refractivity contribution is -0.219. The fourth-order valence-corrected chi connectivity index (χ4v) is 1.16. The second kappa shape index (κ2) is 15.5. The van der Waals surface area contributed by atoms with Gasteiger partial charge < -0.3 is 19.7 Å². The van der Waals surface area contributed by atoms with E-state index in [2.05, 4.69) is 25.2 Å². The van der Waals surface area contributed by atoms with Gasteiger partial charge in [-0.2, -0.15) is 0 Å². The van der Waals surface area contributed by atoms with Crippen LogP contribution in [0.1, 0.15) is 52.9 Å². The highest BCUT2D eigenvalue weighted by molar-refractivity contribution is 5.91. The van der Waals surface area contributed by atoms with Gasteiger partial charge in [0.05, 0.1) is 6.61 Å². The third-order valence-corrected chi connectivity index (χ3v) is 2.49. The molecule has 0 fully saturated rings. The molecule has 0 aromatic carbocycles. The number of ether oxygens (including phenoxy) is 2. The lowest BCUT2D eigenvalue weighted by Crippen LogP contribution is -2.55. The minimum atomic E-state index is -3.00. The average Bonchev–Trinajstić information content (AvgIpc) is 2.52. The lowest BCUT2D eigenvalue weighted by atomic mass is 10.3. The Bertz CT molecular complexity index is 325. The Kier molecular flexibility index (Phi) is 16.0. The number of aliphatic hydroxyl groups is 2. The molecule has 0 aliphatic rings. The maximum Gasteiger partial charge on any atom is 0.390 e. The van der Waals surface area contributed by atoms with Crippen molar-refractivity contribution in [2.24, 2.45) is 0 Å². The predicted octanol–water partition coefficient (Wildman–Crippen LogP) is 1.48. The normalized spacial score (nSPS) is 10.3. The second-order valence-electron chi connectivity index (χ2n) is 4.82. The molecular weight excluding hydrogens is 302 g/mol. The van der Waals surface area contributed by atoms with E-state index in [0.717, 1.165) is 19.3 Å². The second-order valence-corrected chi connectivity index (χ2v) is 4.82. The number of hydrogen-bond donors (Lipinski definition) is 3. The van der Waals surface area contributed by atoms with E-state index in [0.29, 0.717) is 6.42 Å². The molecule has 0 heterocycles. The molecule has 0 radical (unpaired) electrons. The number of carbonyl (C=O) groups excluding carboxylic acids is 2. The smallest absolute Gasteiger partial charge is 0.390 e. The molecule has 0 spiro atoms.